The van der Waals surface area contributed by atoms with Crippen molar-refractivity contribution in [2.24, 2.45) is 0 Å². The first kappa shape index (κ1) is 12.3. The SMILES string of the molecule is COCCCNC(=O)c1cc(O)[nH]c(=O)c1. The number of nitrogens with one attached hydrogen (secondary N) is 2. The molecular formula is C10H14N2O4. The number of ether oxygens (including phenoxy) is 1. The Morgan fingerprint density at radius 3 is 2.94 bits per heavy atom. The fraction of sp³-hybridized carbons (Fsp3) is 0.400. The average Bonchev–Trinajstić information content (AvgIpc) is 2.22. The number of carbonyl (C=O) groups is 1. The lowest BCUT2D eigenvalue weighted by molar-refractivity contribution is 0.0948. The van der Waals surface area contributed by atoms with Gasteiger partial charge in [0.15, 0.2) is 5.88 Å². The minimum absolute atomic E-state index is 0.138. The van der Waals surface area contributed by atoms with E-state index in [4.69, 9.17) is 9.84 Å². The lowest BCUT2D eigenvalue weighted by Gasteiger charge is -2.04. The van der Waals surface area contributed by atoms with Crippen LogP contribution in [0.5, 0.6) is 5.88 Å². The van der Waals surface area contributed by atoms with Crippen molar-refractivity contribution in [3.8, 4) is 5.88 Å². The number of H-pyrrole nitrogens is 1. The first-order chi connectivity index (χ1) is 7.63. The fourth-order valence-corrected chi connectivity index (χ4v) is 1.18. The Labute approximate surface area is 92.3 Å². The van der Waals surface area contributed by atoms with Crippen molar-refractivity contribution < 1.29 is 14.6 Å². The molecule has 0 unspecified atom stereocenters. The largest absolute Gasteiger partial charge is 0.494 e. The van der Waals surface area contributed by atoms with Gasteiger partial charge in [0.1, 0.15) is 0 Å². The fourth-order valence-electron chi connectivity index (χ4n) is 1.18. The van der Waals surface area contributed by atoms with E-state index in [9.17, 15) is 9.59 Å². The highest BCUT2D eigenvalue weighted by atomic mass is 16.5. The maximum atomic E-state index is 11.5. The van der Waals surface area contributed by atoms with Crippen LogP contribution in [0.2, 0.25) is 0 Å². The molecule has 0 aromatic carbocycles. The summed E-state index contributed by atoms with van der Waals surface area (Å²) >= 11 is 0. The Hall–Kier alpha value is -1.82. The highest BCUT2D eigenvalue weighted by Crippen LogP contribution is 2.03. The number of methoxy groups -OCH3 is 1. The van der Waals surface area contributed by atoms with E-state index in [1.54, 1.807) is 7.11 Å². The van der Waals surface area contributed by atoms with Crippen molar-refractivity contribution in [3.63, 3.8) is 0 Å². The van der Waals surface area contributed by atoms with E-state index in [1.165, 1.54) is 6.07 Å². The number of pyridine rings is 1. The number of rotatable bonds is 5. The van der Waals surface area contributed by atoms with Gasteiger partial charge in [0.05, 0.1) is 5.56 Å². The van der Waals surface area contributed by atoms with Gasteiger partial charge in [-0.05, 0) is 6.42 Å². The smallest absolute Gasteiger partial charge is 0.251 e. The monoisotopic (exact) mass is 226 g/mol. The van der Waals surface area contributed by atoms with Crippen LogP contribution >= 0.6 is 0 Å². The van der Waals surface area contributed by atoms with Gasteiger partial charge in [-0.3, -0.25) is 14.6 Å². The second-order valence-electron chi connectivity index (χ2n) is 3.22. The molecule has 1 heterocycles. The molecule has 0 spiro atoms. The van der Waals surface area contributed by atoms with Crippen molar-refractivity contribution in [1.82, 2.24) is 10.3 Å². The van der Waals surface area contributed by atoms with E-state index >= 15 is 0 Å². The molecule has 6 heteroatoms. The van der Waals surface area contributed by atoms with E-state index in [1.807, 2.05) is 0 Å². The van der Waals surface area contributed by atoms with E-state index in [-0.39, 0.29) is 11.4 Å². The van der Waals surface area contributed by atoms with Gasteiger partial charge in [-0.2, -0.15) is 0 Å². The lowest BCUT2D eigenvalue weighted by Crippen LogP contribution is -2.26. The zero-order valence-corrected chi connectivity index (χ0v) is 8.95. The minimum Gasteiger partial charge on any atom is -0.494 e. The molecule has 1 aromatic heterocycles. The first-order valence-corrected chi connectivity index (χ1v) is 4.84. The highest BCUT2D eigenvalue weighted by Gasteiger charge is 2.06. The molecule has 0 fully saturated rings. The Balaban J connectivity index is 2.56. The number of amides is 1. The molecule has 0 aliphatic carbocycles. The van der Waals surface area contributed by atoms with Gasteiger partial charge in [0.25, 0.3) is 11.5 Å². The molecule has 0 radical (unpaired) electrons. The Kier molecular flexibility index (Phi) is 4.53. The van der Waals surface area contributed by atoms with Gasteiger partial charge in [0.2, 0.25) is 0 Å². The summed E-state index contributed by atoms with van der Waals surface area (Å²) in [5.74, 6) is -0.716. The van der Waals surface area contributed by atoms with Crippen molar-refractivity contribution in [3.05, 3.63) is 28.0 Å². The second-order valence-corrected chi connectivity index (χ2v) is 3.22. The van der Waals surface area contributed by atoms with E-state index in [0.29, 0.717) is 19.6 Å². The zero-order chi connectivity index (χ0) is 12.0. The maximum Gasteiger partial charge on any atom is 0.251 e. The molecule has 1 aromatic rings. The Bertz CT molecular complexity index is 414. The molecule has 88 valence electrons. The normalized spacial score (nSPS) is 10.1. The van der Waals surface area contributed by atoms with Crippen LogP contribution in [0.3, 0.4) is 0 Å². The Morgan fingerprint density at radius 1 is 1.56 bits per heavy atom. The summed E-state index contributed by atoms with van der Waals surface area (Å²) < 4.78 is 4.82. The summed E-state index contributed by atoms with van der Waals surface area (Å²) in [5, 5.41) is 11.7. The van der Waals surface area contributed by atoms with Gasteiger partial charge in [-0.25, -0.2) is 0 Å². The number of hydrogen-bond acceptors (Lipinski definition) is 4. The van der Waals surface area contributed by atoms with Gasteiger partial charge in [0, 0.05) is 32.4 Å². The third-order valence-electron chi connectivity index (χ3n) is 1.90. The summed E-state index contributed by atoms with van der Waals surface area (Å²) in [7, 11) is 1.58. The van der Waals surface area contributed by atoms with E-state index < -0.39 is 11.5 Å². The molecule has 0 saturated carbocycles. The van der Waals surface area contributed by atoms with Gasteiger partial charge >= 0.3 is 0 Å². The van der Waals surface area contributed by atoms with Crippen LogP contribution in [0.25, 0.3) is 0 Å². The van der Waals surface area contributed by atoms with Gasteiger partial charge in [-0.15, -0.1) is 0 Å². The molecule has 0 aliphatic rings. The summed E-state index contributed by atoms with van der Waals surface area (Å²) in [6.45, 7) is 1.02. The molecule has 6 nitrogen and oxygen atoms in total. The van der Waals surface area contributed by atoms with Crippen LogP contribution in [0, 0.1) is 0 Å². The van der Waals surface area contributed by atoms with Crippen LogP contribution in [0.1, 0.15) is 16.8 Å². The average molecular weight is 226 g/mol. The Morgan fingerprint density at radius 2 is 2.31 bits per heavy atom. The topological polar surface area (TPSA) is 91.4 Å². The third kappa shape index (κ3) is 3.74. The van der Waals surface area contributed by atoms with Gasteiger partial charge < -0.3 is 15.2 Å². The van der Waals surface area contributed by atoms with Crippen LogP contribution < -0.4 is 10.9 Å². The lowest BCUT2D eigenvalue weighted by atomic mass is 10.2. The highest BCUT2D eigenvalue weighted by molar-refractivity contribution is 5.94. The summed E-state index contributed by atoms with van der Waals surface area (Å²) in [5.41, 5.74) is -0.374. The number of hydrogen-bond donors (Lipinski definition) is 3. The minimum atomic E-state index is -0.512. The van der Waals surface area contributed by atoms with Crippen LogP contribution in [-0.2, 0) is 4.74 Å². The summed E-state index contributed by atoms with van der Waals surface area (Å²) in [6, 6.07) is 2.33. The predicted octanol–water partition coefficient (Wildman–Crippen LogP) is -0.153. The summed E-state index contributed by atoms with van der Waals surface area (Å²) in [6.07, 6.45) is 0.692. The van der Waals surface area contributed by atoms with E-state index in [2.05, 4.69) is 10.3 Å². The standard InChI is InChI=1S/C10H14N2O4/c1-16-4-2-3-11-10(15)7-5-8(13)12-9(14)6-7/h5-6H,2-4H2,1H3,(H,11,15)(H2,12,13,14). The molecule has 0 atom stereocenters. The number of aromatic nitrogens is 1. The van der Waals surface area contributed by atoms with Crippen LogP contribution in [-0.4, -0.2) is 36.3 Å². The number of aromatic amines is 1. The van der Waals surface area contributed by atoms with Crippen molar-refractivity contribution in [2.45, 2.75) is 6.42 Å². The van der Waals surface area contributed by atoms with Crippen molar-refractivity contribution in [1.29, 1.82) is 0 Å². The molecule has 3 N–H and O–H groups in total. The molecule has 0 saturated heterocycles. The van der Waals surface area contributed by atoms with E-state index in [0.717, 1.165) is 6.07 Å². The maximum absolute atomic E-state index is 11.5. The molecule has 1 amide bonds. The molecule has 0 bridgehead atoms. The molecule has 1 rings (SSSR count). The van der Waals surface area contributed by atoms with Gasteiger partial charge in [-0.1, -0.05) is 0 Å². The second kappa shape index (κ2) is 5.92. The van der Waals surface area contributed by atoms with Crippen LogP contribution in [0.15, 0.2) is 16.9 Å². The van der Waals surface area contributed by atoms with Crippen LogP contribution in [0.4, 0.5) is 0 Å². The van der Waals surface area contributed by atoms with Crippen molar-refractivity contribution in [2.75, 3.05) is 20.3 Å². The molecule has 16 heavy (non-hydrogen) atoms. The predicted molar refractivity (Wildman–Crippen MR) is 57.6 cm³/mol. The molecule has 0 aliphatic heterocycles. The number of carbonyl (C=O) groups excluding carboxylic acids is 1. The molecular weight excluding hydrogens is 212 g/mol. The third-order valence-corrected chi connectivity index (χ3v) is 1.90. The number of aromatic hydroxyl groups is 1. The van der Waals surface area contributed by atoms with Crippen molar-refractivity contribution >= 4 is 5.91 Å². The summed E-state index contributed by atoms with van der Waals surface area (Å²) in [4.78, 5) is 24.6. The quantitative estimate of drug-likeness (QED) is 0.609. The zero-order valence-electron chi connectivity index (χ0n) is 8.95. The first-order valence-electron chi connectivity index (χ1n) is 4.84.